The van der Waals surface area contributed by atoms with Gasteiger partial charge in [0.25, 0.3) is 5.91 Å². The number of carbonyl (C=O) groups is 1. The van der Waals surface area contributed by atoms with Gasteiger partial charge >= 0.3 is 0 Å². The van der Waals surface area contributed by atoms with Crippen LogP contribution in [-0.2, 0) is 11.3 Å². The van der Waals surface area contributed by atoms with Gasteiger partial charge in [0.2, 0.25) is 0 Å². The SMILES string of the molecule is C=C(F)/C=C(C(=O)N(C)C(C)C)\C(=C/C)n1cc(C2CCN(Cc3ccccc3)CC2)c2ccncc21. The van der Waals surface area contributed by atoms with Crippen molar-refractivity contribution < 1.29 is 9.18 Å². The summed E-state index contributed by atoms with van der Waals surface area (Å²) >= 11 is 0. The van der Waals surface area contributed by atoms with Crippen molar-refractivity contribution in [3.8, 4) is 0 Å². The quantitative estimate of drug-likeness (QED) is 0.260. The molecule has 0 saturated carbocycles. The van der Waals surface area contributed by atoms with Gasteiger partial charge in [0.1, 0.15) is 5.83 Å². The minimum atomic E-state index is -0.652. The van der Waals surface area contributed by atoms with Crippen LogP contribution in [0.4, 0.5) is 4.39 Å². The third-order valence-corrected chi connectivity index (χ3v) is 7.35. The molecule has 5 nitrogen and oxygen atoms in total. The summed E-state index contributed by atoms with van der Waals surface area (Å²) in [5.74, 6) is -0.502. The van der Waals surface area contributed by atoms with Crippen molar-refractivity contribution >= 4 is 22.5 Å². The van der Waals surface area contributed by atoms with Crippen molar-refractivity contribution in [3.63, 3.8) is 0 Å². The van der Waals surface area contributed by atoms with Crippen LogP contribution in [0.5, 0.6) is 0 Å². The minimum absolute atomic E-state index is 0.0263. The monoisotopic (exact) mass is 500 g/mol. The Morgan fingerprint density at radius 1 is 1.22 bits per heavy atom. The van der Waals surface area contributed by atoms with Gasteiger partial charge in [-0.25, -0.2) is 4.39 Å². The molecule has 1 saturated heterocycles. The molecule has 37 heavy (non-hydrogen) atoms. The molecule has 0 spiro atoms. The van der Waals surface area contributed by atoms with Gasteiger partial charge in [-0.15, -0.1) is 0 Å². The standard InChI is InChI=1S/C31H37FN4O/c1-6-29(27(18-23(4)32)31(37)34(5)22(2)3)36-21-28(26-12-15-33-19-30(26)36)25-13-16-35(17-14-25)20-24-10-8-7-9-11-24/h6-12,15,18-19,21-22,25H,4,13-14,16-17,20H2,1-3,5H3/b27-18+,29-6+. The molecule has 6 heteroatoms. The van der Waals surface area contributed by atoms with Crippen molar-refractivity contribution in [1.82, 2.24) is 19.4 Å². The first-order valence-electron chi connectivity index (χ1n) is 13.0. The maximum atomic E-state index is 14.1. The summed E-state index contributed by atoms with van der Waals surface area (Å²) in [7, 11) is 1.74. The maximum Gasteiger partial charge on any atom is 0.256 e. The molecule has 3 aromatic rings. The second kappa shape index (κ2) is 11.7. The largest absolute Gasteiger partial charge is 0.339 e. The molecule has 1 aliphatic rings. The first-order chi connectivity index (χ1) is 17.8. The molecule has 3 heterocycles. The molecule has 0 radical (unpaired) electrons. The van der Waals surface area contributed by atoms with Crippen LogP contribution < -0.4 is 0 Å². The number of carbonyl (C=O) groups excluding carboxylic acids is 1. The summed E-state index contributed by atoms with van der Waals surface area (Å²) in [6, 6.07) is 12.6. The zero-order chi connectivity index (χ0) is 26.5. The van der Waals surface area contributed by atoms with Crippen LogP contribution in [0.25, 0.3) is 16.6 Å². The molecule has 0 aliphatic carbocycles. The highest BCUT2D eigenvalue weighted by Crippen LogP contribution is 2.37. The number of rotatable bonds is 8. The molecule has 0 bridgehead atoms. The number of allylic oxidation sites excluding steroid dienone is 3. The number of pyridine rings is 1. The van der Waals surface area contributed by atoms with E-state index < -0.39 is 5.83 Å². The molecular formula is C31H37FN4O. The van der Waals surface area contributed by atoms with Gasteiger partial charge in [0.15, 0.2) is 0 Å². The van der Waals surface area contributed by atoms with Crippen LogP contribution in [0, 0.1) is 0 Å². The van der Waals surface area contributed by atoms with E-state index in [9.17, 15) is 9.18 Å². The third kappa shape index (κ3) is 5.91. The number of aromatic nitrogens is 2. The van der Waals surface area contributed by atoms with Crippen LogP contribution in [0.2, 0.25) is 0 Å². The lowest BCUT2D eigenvalue weighted by Gasteiger charge is -2.32. The number of fused-ring (bicyclic) bond motifs is 1. The normalized spacial score (nSPS) is 15.9. The molecular weight excluding hydrogens is 463 g/mol. The van der Waals surface area contributed by atoms with Gasteiger partial charge in [0, 0.05) is 37.4 Å². The van der Waals surface area contributed by atoms with Gasteiger partial charge in [-0.1, -0.05) is 43.0 Å². The molecule has 1 aliphatic heterocycles. The fraction of sp³-hybridized carbons (Fsp3) is 0.355. The first-order valence-corrected chi connectivity index (χ1v) is 13.0. The van der Waals surface area contributed by atoms with E-state index >= 15 is 0 Å². The zero-order valence-corrected chi connectivity index (χ0v) is 22.3. The lowest BCUT2D eigenvalue weighted by atomic mass is 9.89. The Kier molecular flexibility index (Phi) is 8.39. The van der Waals surface area contributed by atoms with Gasteiger partial charge in [-0.2, -0.15) is 0 Å². The fourth-order valence-electron chi connectivity index (χ4n) is 5.12. The highest BCUT2D eigenvalue weighted by Gasteiger charge is 2.27. The van der Waals surface area contributed by atoms with E-state index in [4.69, 9.17) is 0 Å². The Morgan fingerprint density at radius 3 is 2.54 bits per heavy atom. The van der Waals surface area contributed by atoms with Crippen LogP contribution in [0.15, 0.2) is 85.1 Å². The second-order valence-corrected chi connectivity index (χ2v) is 10.1. The van der Waals surface area contributed by atoms with Gasteiger partial charge in [0.05, 0.1) is 23.0 Å². The molecule has 1 amide bonds. The summed E-state index contributed by atoms with van der Waals surface area (Å²) in [5.41, 5.74) is 4.40. The van der Waals surface area contributed by atoms with E-state index in [2.05, 4.69) is 53.0 Å². The first kappa shape index (κ1) is 26.6. The van der Waals surface area contributed by atoms with E-state index in [0.717, 1.165) is 43.4 Å². The fourth-order valence-corrected chi connectivity index (χ4v) is 5.12. The number of halogens is 1. The Hall–Kier alpha value is -3.51. The maximum absolute atomic E-state index is 14.1. The summed E-state index contributed by atoms with van der Waals surface area (Å²) in [5, 5.41) is 1.12. The zero-order valence-electron chi connectivity index (χ0n) is 22.3. The van der Waals surface area contributed by atoms with Crippen LogP contribution >= 0.6 is 0 Å². The van der Waals surface area contributed by atoms with E-state index in [1.165, 1.54) is 17.2 Å². The molecule has 0 unspecified atom stereocenters. The van der Waals surface area contributed by atoms with E-state index in [0.29, 0.717) is 11.6 Å². The number of piperidine rings is 1. The number of hydrogen-bond acceptors (Lipinski definition) is 3. The Balaban J connectivity index is 1.66. The highest BCUT2D eigenvalue weighted by atomic mass is 19.1. The van der Waals surface area contributed by atoms with Crippen molar-refractivity contribution in [2.45, 2.75) is 52.1 Å². The molecule has 1 aromatic carbocycles. The van der Waals surface area contributed by atoms with Crippen LogP contribution in [0.3, 0.4) is 0 Å². The van der Waals surface area contributed by atoms with Crippen molar-refractivity contribution in [1.29, 1.82) is 0 Å². The van der Waals surface area contributed by atoms with Crippen LogP contribution in [0.1, 0.15) is 50.7 Å². The lowest BCUT2D eigenvalue weighted by Crippen LogP contribution is -2.34. The highest BCUT2D eigenvalue weighted by molar-refractivity contribution is 6.07. The smallest absolute Gasteiger partial charge is 0.256 e. The Morgan fingerprint density at radius 2 is 1.92 bits per heavy atom. The number of nitrogens with zero attached hydrogens (tertiary/aromatic N) is 4. The van der Waals surface area contributed by atoms with Gasteiger partial charge < -0.3 is 9.47 Å². The van der Waals surface area contributed by atoms with E-state index in [1.54, 1.807) is 11.9 Å². The Bertz CT molecular complexity index is 1310. The number of hydrogen-bond donors (Lipinski definition) is 0. The molecule has 0 N–H and O–H groups in total. The summed E-state index contributed by atoms with van der Waals surface area (Å²) in [4.78, 5) is 21.9. The van der Waals surface area contributed by atoms with Crippen molar-refractivity contribution in [2.24, 2.45) is 0 Å². The average Bonchev–Trinajstić information content (AvgIpc) is 3.28. The molecule has 2 aromatic heterocycles. The topological polar surface area (TPSA) is 41.4 Å². The van der Waals surface area contributed by atoms with Crippen LogP contribution in [-0.4, -0.2) is 51.4 Å². The van der Waals surface area contributed by atoms with Crippen molar-refractivity contribution in [2.75, 3.05) is 20.1 Å². The summed E-state index contributed by atoms with van der Waals surface area (Å²) in [6.45, 7) is 12.2. The Labute approximate surface area is 219 Å². The summed E-state index contributed by atoms with van der Waals surface area (Å²) < 4.78 is 16.1. The number of likely N-dealkylation sites (tertiary alicyclic amines) is 1. The molecule has 0 atom stereocenters. The number of likely N-dealkylation sites (N-methyl/N-ethyl adjacent to an activating group) is 1. The third-order valence-electron chi connectivity index (χ3n) is 7.35. The van der Waals surface area contributed by atoms with Gasteiger partial charge in [-0.05, 0) is 75.9 Å². The predicted molar refractivity (Wildman–Crippen MR) is 150 cm³/mol. The molecule has 194 valence electrons. The molecule has 4 rings (SSSR count). The van der Waals surface area contributed by atoms with E-state index in [-0.39, 0.29) is 17.5 Å². The van der Waals surface area contributed by atoms with Crippen molar-refractivity contribution in [3.05, 3.63) is 96.2 Å². The molecule has 1 fully saturated rings. The lowest BCUT2D eigenvalue weighted by molar-refractivity contribution is -0.126. The second-order valence-electron chi connectivity index (χ2n) is 10.1. The van der Waals surface area contributed by atoms with Gasteiger partial charge in [-0.3, -0.25) is 14.7 Å². The number of benzene rings is 1. The summed E-state index contributed by atoms with van der Waals surface area (Å²) in [6.07, 6.45) is 11.0. The average molecular weight is 501 g/mol. The predicted octanol–water partition coefficient (Wildman–Crippen LogP) is 6.55. The minimum Gasteiger partial charge on any atom is -0.339 e. The number of amides is 1. The van der Waals surface area contributed by atoms with E-state index in [1.807, 2.05) is 49.9 Å².